The van der Waals surface area contributed by atoms with Crippen LogP contribution in [-0.4, -0.2) is 29.1 Å². The van der Waals surface area contributed by atoms with E-state index in [-0.39, 0.29) is 0 Å². The second kappa shape index (κ2) is 11.9. The van der Waals surface area contributed by atoms with E-state index in [0.29, 0.717) is 23.3 Å². The third-order valence-electron chi connectivity index (χ3n) is 11.4. The summed E-state index contributed by atoms with van der Waals surface area (Å²) in [7, 11) is 0. The topological polar surface area (TPSA) is 74.6 Å². The summed E-state index contributed by atoms with van der Waals surface area (Å²) in [4.78, 5) is 20.6. The lowest BCUT2D eigenvalue weighted by molar-refractivity contribution is 0.654. The van der Waals surface area contributed by atoms with Crippen molar-refractivity contribution < 1.29 is 4.42 Å². The van der Waals surface area contributed by atoms with Crippen LogP contribution in [0.25, 0.3) is 120 Å². The van der Waals surface area contributed by atoms with Crippen LogP contribution in [0.1, 0.15) is 0 Å². The fourth-order valence-corrected chi connectivity index (χ4v) is 10.1. The molecule has 0 amide bonds. The summed E-state index contributed by atoms with van der Waals surface area (Å²) in [5, 5.41) is 9.07. The molecule has 0 fully saturated rings. The average Bonchev–Trinajstić information content (AvgIpc) is 4.04. The van der Waals surface area contributed by atoms with Crippen molar-refractivity contribution in [1.82, 2.24) is 29.1 Å². The molecule has 6 aromatic heterocycles. The molecule has 7 aromatic carbocycles. The lowest BCUT2D eigenvalue weighted by Crippen LogP contribution is -2.06. The number of benzene rings is 7. The van der Waals surface area contributed by atoms with Crippen molar-refractivity contribution in [2.75, 3.05) is 0 Å². The van der Waals surface area contributed by atoms with Gasteiger partial charge < -0.3 is 8.98 Å². The summed E-state index contributed by atoms with van der Waals surface area (Å²) in [5.41, 5.74) is 8.54. The molecule has 7 nitrogen and oxygen atoms in total. The Morgan fingerprint density at radius 1 is 0.448 bits per heavy atom. The quantitative estimate of drug-likeness (QED) is 0.179. The van der Waals surface area contributed by atoms with Gasteiger partial charge in [-0.25, -0.2) is 9.97 Å². The first-order valence-electron chi connectivity index (χ1n) is 19.2. The van der Waals surface area contributed by atoms with Gasteiger partial charge in [-0.05, 0) is 48.5 Å². The van der Waals surface area contributed by atoms with Crippen molar-refractivity contribution in [2.24, 2.45) is 0 Å². The highest BCUT2D eigenvalue weighted by Gasteiger charge is 2.22. The maximum atomic E-state index is 6.08. The molecule has 0 N–H and O–H groups in total. The normalized spacial score (nSPS) is 12.1. The van der Waals surface area contributed by atoms with Crippen molar-refractivity contribution in [3.63, 3.8) is 0 Å². The molecule has 0 saturated carbocycles. The minimum Gasteiger partial charge on any atom is -0.438 e. The second-order valence-electron chi connectivity index (χ2n) is 14.7. The Morgan fingerprint density at radius 3 is 1.95 bits per heavy atom. The summed E-state index contributed by atoms with van der Waals surface area (Å²) < 4.78 is 13.1. The molecular formula is C50H28N6OS. The number of para-hydroxylation sites is 3. The molecule has 13 rings (SSSR count). The van der Waals surface area contributed by atoms with Crippen LogP contribution in [-0.2, 0) is 0 Å². The summed E-state index contributed by atoms with van der Waals surface area (Å²) in [5.74, 6) is 1.79. The van der Waals surface area contributed by atoms with Crippen LogP contribution < -0.4 is 0 Å². The first-order valence-corrected chi connectivity index (χ1v) is 20.0. The van der Waals surface area contributed by atoms with Gasteiger partial charge in [-0.15, -0.1) is 11.3 Å². The third kappa shape index (κ3) is 4.48. The number of nitrogens with zero attached hydrogens (tertiary/aromatic N) is 6. The zero-order valence-electron chi connectivity index (χ0n) is 30.7. The van der Waals surface area contributed by atoms with Crippen molar-refractivity contribution >= 4 is 97.2 Å². The Balaban J connectivity index is 1.07. The highest BCUT2D eigenvalue weighted by Crippen LogP contribution is 2.43. The van der Waals surface area contributed by atoms with E-state index >= 15 is 0 Å². The third-order valence-corrected chi connectivity index (χ3v) is 12.6. The van der Waals surface area contributed by atoms with Crippen molar-refractivity contribution in [2.45, 2.75) is 0 Å². The molecule has 0 radical (unpaired) electrons. The van der Waals surface area contributed by atoms with Crippen LogP contribution in [0.2, 0.25) is 0 Å². The SMILES string of the molecule is c1ccc(-c2nc(-c3ccc4c(c3)c3ccccc3n4-c3cnc4oc5ccccc5c4c3)nc(-n3c4ccccc4c4ccc5c6ccccc6sc5c43)n2)cc1. The lowest BCUT2D eigenvalue weighted by Gasteiger charge is -2.12. The molecular weight excluding hydrogens is 733 g/mol. The van der Waals surface area contributed by atoms with Crippen LogP contribution in [0.15, 0.2) is 174 Å². The predicted octanol–water partition coefficient (Wildman–Crippen LogP) is 13.1. The Hall–Kier alpha value is -7.68. The van der Waals surface area contributed by atoms with Crippen LogP contribution in [0.3, 0.4) is 0 Å². The number of aromatic nitrogens is 6. The number of hydrogen-bond acceptors (Lipinski definition) is 6. The molecule has 8 heteroatoms. The van der Waals surface area contributed by atoms with E-state index in [9.17, 15) is 0 Å². The van der Waals surface area contributed by atoms with Crippen molar-refractivity contribution in [3.8, 4) is 34.4 Å². The van der Waals surface area contributed by atoms with Gasteiger partial charge in [-0.2, -0.15) is 9.97 Å². The molecule has 270 valence electrons. The van der Waals surface area contributed by atoms with Gasteiger partial charge in [0.2, 0.25) is 11.7 Å². The number of fused-ring (bicyclic) bond motifs is 13. The molecule has 6 heterocycles. The first-order chi connectivity index (χ1) is 28.7. The van der Waals surface area contributed by atoms with E-state index in [4.69, 9.17) is 24.4 Å². The van der Waals surface area contributed by atoms with Gasteiger partial charge in [0, 0.05) is 53.5 Å². The summed E-state index contributed by atoms with van der Waals surface area (Å²) in [6, 6.07) is 57.2. The summed E-state index contributed by atoms with van der Waals surface area (Å²) in [6.45, 7) is 0. The minimum atomic E-state index is 0.578. The number of pyridine rings is 1. The van der Waals surface area contributed by atoms with Crippen LogP contribution in [0.4, 0.5) is 0 Å². The maximum absolute atomic E-state index is 6.08. The number of thiophene rings is 1. The van der Waals surface area contributed by atoms with E-state index in [1.54, 1.807) is 0 Å². The van der Waals surface area contributed by atoms with E-state index in [1.807, 2.05) is 53.9 Å². The second-order valence-corrected chi connectivity index (χ2v) is 15.7. The zero-order chi connectivity index (χ0) is 37.9. The van der Waals surface area contributed by atoms with E-state index in [2.05, 4.69) is 137 Å². The predicted molar refractivity (Wildman–Crippen MR) is 237 cm³/mol. The van der Waals surface area contributed by atoms with Gasteiger partial charge in [0.05, 0.1) is 44.0 Å². The summed E-state index contributed by atoms with van der Waals surface area (Å²) in [6.07, 6.45) is 1.90. The first kappa shape index (κ1) is 31.5. The molecule has 0 aliphatic heterocycles. The average molecular weight is 761 g/mol. The standard InChI is InChI=1S/C50H28N6OS/c1-2-12-29(13-3-1)47-52-48(54-50(53-47)56-41-19-9-4-14-32(41)36-23-24-37-35-17-7-11-21-44(35)58-46(37)45(36)56)30-22-25-42-38(26-30)33-15-5-8-18-40(33)55(42)31-27-39-34-16-6-10-20-43(34)57-49(39)51-28-31/h1-28H. The lowest BCUT2D eigenvalue weighted by atomic mass is 10.1. The molecule has 0 aliphatic carbocycles. The van der Waals surface area contributed by atoms with Gasteiger partial charge in [0.15, 0.2) is 11.6 Å². The Bertz CT molecular complexity index is 3820. The van der Waals surface area contributed by atoms with Crippen LogP contribution in [0.5, 0.6) is 0 Å². The monoisotopic (exact) mass is 760 g/mol. The number of furan rings is 1. The smallest absolute Gasteiger partial charge is 0.238 e. The Labute approximate surface area is 333 Å². The van der Waals surface area contributed by atoms with Crippen LogP contribution >= 0.6 is 11.3 Å². The van der Waals surface area contributed by atoms with Gasteiger partial charge in [-0.1, -0.05) is 115 Å². The van der Waals surface area contributed by atoms with Gasteiger partial charge in [-0.3, -0.25) is 4.57 Å². The molecule has 0 atom stereocenters. The maximum Gasteiger partial charge on any atom is 0.238 e. The van der Waals surface area contributed by atoms with Crippen molar-refractivity contribution in [3.05, 3.63) is 170 Å². The molecule has 0 bridgehead atoms. The van der Waals surface area contributed by atoms with Gasteiger partial charge in [0.25, 0.3) is 0 Å². The van der Waals surface area contributed by atoms with Crippen molar-refractivity contribution in [1.29, 1.82) is 0 Å². The molecule has 58 heavy (non-hydrogen) atoms. The summed E-state index contributed by atoms with van der Waals surface area (Å²) >= 11 is 1.82. The van der Waals surface area contributed by atoms with Gasteiger partial charge in [0.1, 0.15) is 5.58 Å². The van der Waals surface area contributed by atoms with E-state index in [0.717, 1.165) is 71.4 Å². The zero-order valence-corrected chi connectivity index (χ0v) is 31.5. The van der Waals surface area contributed by atoms with E-state index < -0.39 is 0 Å². The highest BCUT2D eigenvalue weighted by molar-refractivity contribution is 7.26. The molecule has 0 saturated heterocycles. The number of hydrogen-bond donors (Lipinski definition) is 0. The molecule has 13 aromatic rings. The minimum absolute atomic E-state index is 0.578. The van der Waals surface area contributed by atoms with Crippen LogP contribution in [0, 0.1) is 0 Å². The Morgan fingerprint density at radius 2 is 1.10 bits per heavy atom. The number of rotatable bonds is 4. The highest BCUT2D eigenvalue weighted by atomic mass is 32.1. The Kier molecular flexibility index (Phi) is 6.47. The molecule has 0 aliphatic rings. The molecule has 0 unspecified atom stereocenters. The van der Waals surface area contributed by atoms with E-state index in [1.165, 1.54) is 25.6 Å². The fraction of sp³-hybridized carbons (Fsp3) is 0. The largest absolute Gasteiger partial charge is 0.438 e. The van der Waals surface area contributed by atoms with Gasteiger partial charge >= 0.3 is 0 Å². The fourth-order valence-electron chi connectivity index (χ4n) is 8.86. The molecule has 0 spiro atoms.